The number of pyridine rings is 1. The van der Waals surface area contributed by atoms with Crippen molar-refractivity contribution in [1.82, 2.24) is 4.98 Å². The Morgan fingerprint density at radius 1 is 1.50 bits per heavy atom. The van der Waals surface area contributed by atoms with Crippen molar-refractivity contribution >= 4 is 5.97 Å². The Labute approximate surface area is 69.5 Å². The van der Waals surface area contributed by atoms with E-state index in [2.05, 4.69) is 4.98 Å². The first kappa shape index (κ1) is 8.67. The van der Waals surface area contributed by atoms with Gasteiger partial charge < -0.3 is 10.2 Å². The lowest BCUT2D eigenvalue weighted by atomic mass is 10.1. The maximum absolute atomic E-state index is 10.2. The second-order valence-electron chi connectivity index (χ2n) is 2.41. The average molecular weight is 167 g/mol. The summed E-state index contributed by atoms with van der Waals surface area (Å²) in [6.45, 7) is 0. The van der Waals surface area contributed by atoms with Gasteiger partial charge in [-0.1, -0.05) is 0 Å². The van der Waals surface area contributed by atoms with Gasteiger partial charge in [0.05, 0.1) is 0 Å². The smallest absolute Gasteiger partial charge is 0.332 e. The van der Waals surface area contributed by atoms with Gasteiger partial charge in [-0.25, -0.2) is 4.79 Å². The van der Waals surface area contributed by atoms with Crippen molar-refractivity contribution in [1.29, 1.82) is 0 Å². The van der Waals surface area contributed by atoms with E-state index >= 15 is 0 Å². The molecule has 1 unspecified atom stereocenters. The van der Waals surface area contributed by atoms with Gasteiger partial charge in [0.1, 0.15) is 0 Å². The summed E-state index contributed by atoms with van der Waals surface area (Å²) in [6.07, 6.45) is 1.92. The predicted molar refractivity (Wildman–Crippen MR) is 41.6 cm³/mol. The minimum Gasteiger partial charge on any atom is -0.479 e. The van der Waals surface area contributed by atoms with Crippen molar-refractivity contribution in [2.75, 3.05) is 0 Å². The number of aromatic nitrogens is 1. The van der Waals surface area contributed by atoms with E-state index in [0.29, 0.717) is 0 Å². The van der Waals surface area contributed by atoms with Gasteiger partial charge in [-0.05, 0) is 17.7 Å². The van der Waals surface area contributed by atoms with Gasteiger partial charge in [-0.3, -0.25) is 4.98 Å². The van der Waals surface area contributed by atoms with E-state index < -0.39 is 12.1 Å². The lowest BCUT2D eigenvalue weighted by Crippen LogP contribution is -2.21. The molecule has 0 aromatic carbocycles. The van der Waals surface area contributed by atoms with E-state index in [1.165, 1.54) is 0 Å². The van der Waals surface area contributed by atoms with E-state index in [9.17, 15) is 4.79 Å². The fourth-order valence-electron chi connectivity index (χ4n) is 0.829. The summed E-state index contributed by atoms with van der Waals surface area (Å²) < 4.78 is 0. The first-order chi connectivity index (χ1) is 5.70. The topological polar surface area (TPSA) is 70.4 Å². The number of carboxylic acid groups (broad SMARTS) is 1. The normalized spacial score (nSPS) is 12.4. The Balaban J connectivity index is 2.58. The monoisotopic (exact) mass is 167 g/mol. The summed E-state index contributed by atoms with van der Waals surface area (Å²) in [5.74, 6) is -1.20. The van der Waals surface area contributed by atoms with Crippen molar-refractivity contribution in [2.45, 2.75) is 12.5 Å². The number of rotatable bonds is 3. The standard InChI is InChI=1S/C8H9NO3/c10-7(8(11)12)5-6-1-3-9-4-2-6/h1-4,7,10H,5H2,(H,11,12). The molecule has 0 amide bonds. The van der Waals surface area contributed by atoms with E-state index in [1.54, 1.807) is 24.5 Å². The number of aliphatic carboxylic acids is 1. The Bertz CT molecular complexity index is 260. The molecule has 1 aromatic rings. The molecular weight excluding hydrogens is 158 g/mol. The van der Waals surface area contributed by atoms with Crippen molar-refractivity contribution in [3.63, 3.8) is 0 Å². The van der Waals surface area contributed by atoms with Gasteiger partial charge in [0, 0.05) is 18.8 Å². The summed E-state index contributed by atoms with van der Waals surface area (Å²) in [4.78, 5) is 14.0. The van der Waals surface area contributed by atoms with Crippen LogP contribution in [-0.4, -0.2) is 27.3 Å². The molecular formula is C8H9NO3. The number of hydrogen-bond acceptors (Lipinski definition) is 3. The van der Waals surface area contributed by atoms with Crippen LogP contribution in [0.1, 0.15) is 5.56 Å². The number of carbonyl (C=O) groups is 1. The molecule has 64 valence electrons. The fourth-order valence-corrected chi connectivity index (χ4v) is 0.829. The Kier molecular flexibility index (Phi) is 2.76. The van der Waals surface area contributed by atoms with Gasteiger partial charge >= 0.3 is 5.97 Å². The average Bonchev–Trinajstić information content (AvgIpc) is 2.06. The second-order valence-corrected chi connectivity index (χ2v) is 2.41. The third-order valence-corrected chi connectivity index (χ3v) is 1.46. The minimum atomic E-state index is -1.33. The third-order valence-electron chi connectivity index (χ3n) is 1.46. The number of hydrogen-bond donors (Lipinski definition) is 2. The van der Waals surface area contributed by atoms with Gasteiger partial charge in [0.2, 0.25) is 0 Å². The van der Waals surface area contributed by atoms with Crippen LogP contribution in [0.15, 0.2) is 24.5 Å². The van der Waals surface area contributed by atoms with Crippen molar-refractivity contribution < 1.29 is 15.0 Å². The third kappa shape index (κ3) is 2.32. The first-order valence-corrected chi connectivity index (χ1v) is 3.50. The van der Waals surface area contributed by atoms with E-state index in [0.717, 1.165) is 5.56 Å². The maximum atomic E-state index is 10.2. The molecule has 0 bridgehead atoms. The van der Waals surface area contributed by atoms with Crippen LogP contribution >= 0.6 is 0 Å². The highest BCUT2D eigenvalue weighted by molar-refractivity contribution is 5.72. The van der Waals surface area contributed by atoms with Crippen LogP contribution in [0.4, 0.5) is 0 Å². The largest absolute Gasteiger partial charge is 0.479 e. The van der Waals surface area contributed by atoms with Gasteiger partial charge in [0.15, 0.2) is 6.10 Å². The molecule has 4 nitrogen and oxygen atoms in total. The van der Waals surface area contributed by atoms with Crippen LogP contribution in [0, 0.1) is 0 Å². The number of carboxylic acids is 1. The maximum Gasteiger partial charge on any atom is 0.332 e. The predicted octanol–water partition coefficient (Wildman–Crippen LogP) is 0.0696. The zero-order valence-corrected chi connectivity index (χ0v) is 6.34. The van der Waals surface area contributed by atoms with E-state index in [4.69, 9.17) is 10.2 Å². The van der Waals surface area contributed by atoms with Crippen molar-refractivity contribution in [3.8, 4) is 0 Å². The Morgan fingerprint density at radius 3 is 2.58 bits per heavy atom. The second kappa shape index (κ2) is 3.82. The van der Waals surface area contributed by atoms with E-state index in [1.807, 2.05) is 0 Å². The molecule has 0 aliphatic heterocycles. The van der Waals surface area contributed by atoms with Crippen LogP contribution in [-0.2, 0) is 11.2 Å². The molecule has 0 spiro atoms. The summed E-state index contributed by atoms with van der Waals surface area (Å²) in [5, 5.41) is 17.3. The van der Waals surface area contributed by atoms with Gasteiger partial charge in [-0.2, -0.15) is 0 Å². The lowest BCUT2D eigenvalue weighted by Gasteiger charge is -2.03. The lowest BCUT2D eigenvalue weighted by molar-refractivity contribution is -0.146. The van der Waals surface area contributed by atoms with Crippen LogP contribution in [0.2, 0.25) is 0 Å². The van der Waals surface area contributed by atoms with Gasteiger partial charge in [-0.15, -0.1) is 0 Å². The molecule has 2 N–H and O–H groups in total. The quantitative estimate of drug-likeness (QED) is 0.668. The summed E-state index contributed by atoms with van der Waals surface area (Å²) >= 11 is 0. The highest BCUT2D eigenvalue weighted by Crippen LogP contribution is 2.01. The summed E-state index contributed by atoms with van der Waals surface area (Å²) in [5.41, 5.74) is 0.764. The molecule has 1 atom stereocenters. The van der Waals surface area contributed by atoms with Crippen molar-refractivity contribution in [2.24, 2.45) is 0 Å². The molecule has 0 radical (unpaired) electrons. The Hall–Kier alpha value is -1.42. The number of aliphatic hydroxyl groups excluding tert-OH is 1. The molecule has 0 fully saturated rings. The number of aliphatic hydroxyl groups is 1. The highest BCUT2D eigenvalue weighted by Gasteiger charge is 2.12. The summed E-state index contributed by atoms with van der Waals surface area (Å²) in [7, 11) is 0. The molecule has 12 heavy (non-hydrogen) atoms. The molecule has 1 heterocycles. The fraction of sp³-hybridized carbons (Fsp3) is 0.250. The Morgan fingerprint density at radius 2 is 2.08 bits per heavy atom. The van der Waals surface area contributed by atoms with Crippen LogP contribution in [0.25, 0.3) is 0 Å². The zero-order valence-electron chi connectivity index (χ0n) is 6.34. The molecule has 0 aliphatic carbocycles. The molecule has 4 heteroatoms. The SMILES string of the molecule is O=C(O)C(O)Cc1ccncc1. The van der Waals surface area contributed by atoms with E-state index in [-0.39, 0.29) is 6.42 Å². The number of nitrogens with zero attached hydrogens (tertiary/aromatic N) is 1. The first-order valence-electron chi connectivity index (χ1n) is 3.50. The molecule has 0 saturated heterocycles. The zero-order chi connectivity index (χ0) is 8.97. The van der Waals surface area contributed by atoms with Gasteiger partial charge in [0.25, 0.3) is 0 Å². The van der Waals surface area contributed by atoms with Crippen molar-refractivity contribution in [3.05, 3.63) is 30.1 Å². The van der Waals surface area contributed by atoms with Crippen LogP contribution < -0.4 is 0 Å². The minimum absolute atomic E-state index is 0.123. The summed E-state index contributed by atoms with van der Waals surface area (Å²) in [6, 6.07) is 3.35. The molecule has 1 aromatic heterocycles. The molecule has 0 aliphatic rings. The molecule has 1 rings (SSSR count). The van der Waals surface area contributed by atoms with Crippen LogP contribution in [0.3, 0.4) is 0 Å². The highest BCUT2D eigenvalue weighted by atomic mass is 16.4. The molecule has 0 saturated carbocycles. The van der Waals surface area contributed by atoms with Crippen LogP contribution in [0.5, 0.6) is 0 Å².